The number of esters is 1. The van der Waals surface area contributed by atoms with Gasteiger partial charge in [-0.1, -0.05) is 6.07 Å². The average Bonchev–Trinajstić information content (AvgIpc) is 2.99. The van der Waals surface area contributed by atoms with Crippen molar-refractivity contribution < 1.29 is 23.8 Å². The van der Waals surface area contributed by atoms with Crippen LogP contribution in [-0.2, 0) is 9.53 Å². The lowest BCUT2D eigenvalue weighted by molar-refractivity contribution is -0.112. The molecule has 0 atom stereocenters. The minimum Gasteiger partial charge on any atom is -0.493 e. The highest BCUT2D eigenvalue weighted by atomic mass is 32.1. The van der Waals surface area contributed by atoms with Crippen LogP contribution in [-0.4, -0.2) is 32.7 Å². The maximum absolute atomic E-state index is 12.7. The van der Waals surface area contributed by atoms with Crippen LogP contribution in [0.2, 0.25) is 0 Å². The Morgan fingerprint density at radius 2 is 1.90 bits per heavy atom. The summed E-state index contributed by atoms with van der Waals surface area (Å²) in [7, 11) is 3.02. The number of carbonyl (C=O) groups excluding carboxylic acids is 2. The summed E-state index contributed by atoms with van der Waals surface area (Å²) in [6.45, 7) is 5.58. The fourth-order valence-corrected chi connectivity index (χ4v) is 3.64. The molecule has 0 aliphatic carbocycles. The summed E-state index contributed by atoms with van der Waals surface area (Å²) in [4.78, 5) is 25.8. The quantitative estimate of drug-likeness (QED) is 0.416. The predicted octanol–water partition coefficient (Wildman–Crippen LogP) is 4.10. The van der Waals surface area contributed by atoms with E-state index in [0.29, 0.717) is 27.6 Å². The number of thiophene rings is 1. The van der Waals surface area contributed by atoms with Crippen molar-refractivity contribution in [2.24, 2.45) is 0 Å². The molecule has 1 N–H and O–H groups in total. The minimum absolute atomic E-state index is 0.115. The number of anilines is 1. The van der Waals surface area contributed by atoms with Crippen LogP contribution in [0, 0.1) is 25.2 Å². The van der Waals surface area contributed by atoms with Crippen LogP contribution in [0.25, 0.3) is 6.08 Å². The largest absolute Gasteiger partial charge is 0.493 e. The maximum Gasteiger partial charge on any atom is 0.341 e. The summed E-state index contributed by atoms with van der Waals surface area (Å²) in [6.07, 6.45) is 1.44. The van der Waals surface area contributed by atoms with Crippen molar-refractivity contribution in [1.82, 2.24) is 0 Å². The monoisotopic (exact) mass is 414 g/mol. The molecule has 0 spiro atoms. The lowest BCUT2D eigenvalue weighted by Gasteiger charge is -2.08. The first kappa shape index (κ1) is 22.0. The van der Waals surface area contributed by atoms with Gasteiger partial charge >= 0.3 is 5.97 Å². The van der Waals surface area contributed by atoms with Crippen LogP contribution < -0.4 is 14.8 Å². The van der Waals surface area contributed by atoms with Crippen molar-refractivity contribution in [3.63, 3.8) is 0 Å². The summed E-state index contributed by atoms with van der Waals surface area (Å²) in [6, 6.07) is 6.94. The molecule has 1 heterocycles. The van der Waals surface area contributed by atoms with Crippen LogP contribution in [0.4, 0.5) is 5.00 Å². The van der Waals surface area contributed by atoms with E-state index in [4.69, 9.17) is 14.2 Å². The lowest BCUT2D eigenvalue weighted by Crippen LogP contribution is -2.16. The van der Waals surface area contributed by atoms with Gasteiger partial charge in [0.2, 0.25) is 0 Å². The van der Waals surface area contributed by atoms with E-state index in [1.54, 1.807) is 32.0 Å². The van der Waals surface area contributed by atoms with Crippen molar-refractivity contribution in [3.8, 4) is 17.6 Å². The molecule has 0 aliphatic heterocycles. The number of amides is 1. The van der Waals surface area contributed by atoms with E-state index in [2.05, 4.69) is 5.32 Å². The Morgan fingerprint density at radius 1 is 1.21 bits per heavy atom. The van der Waals surface area contributed by atoms with Gasteiger partial charge in [-0.15, -0.1) is 11.3 Å². The zero-order chi connectivity index (χ0) is 21.6. The Labute approximate surface area is 173 Å². The molecule has 0 radical (unpaired) electrons. The third-order valence-corrected chi connectivity index (χ3v) is 5.30. The first-order valence-electron chi connectivity index (χ1n) is 8.78. The van der Waals surface area contributed by atoms with Crippen molar-refractivity contribution in [2.75, 3.05) is 26.1 Å². The van der Waals surface area contributed by atoms with Crippen molar-refractivity contribution in [2.45, 2.75) is 20.8 Å². The molecule has 1 aromatic carbocycles. The molecular formula is C21H22N2O5S. The third-order valence-electron chi connectivity index (χ3n) is 4.18. The summed E-state index contributed by atoms with van der Waals surface area (Å²) < 4.78 is 15.5. The molecule has 29 heavy (non-hydrogen) atoms. The molecular weight excluding hydrogens is 392 g/mol. The second-order valence-corrected chi connectivity index (χ2v) is 7.17. The molecule has 0 fully saturated rings. The van der Waals surface area contributed by atoms with Crippen LogP contribution in [0.5, 0.6) is 11.5 Å². The minimum atomic E-state index is -0.617. The van der Waals surface area contributed by atoms with Gasteiger partial charge in [0.05, 0.1) is 26.4 Å². The van der Waals surface area contributed by atoms with E-state index in [1.807, 2.05) is 13.0 Å². The van der Waals surface area contributed by atoms with E-state index in [1.165, 1.54) is 31.6 Å². The highest BCUT2D eigenvalue weighted by Crippen LogP contribution is 2.33. The van der Waals surface area contributed by atoms with Gasteiger partial charge in [-0.3, -0.25) is 4.79 Å². The molecule has 1 aromatic heterocycles. The molecule has 2 rings (SSSR count). The van der Waals surface area contributed by atoms with Gasteiger partial charge < -0.3 is 19.5 Å². The normalized spacial score (nSPS) is 10.8. The van der Waals surface area contributed by atoms with E-state index in [9.17, 15) is 14.9 Å². The standard InChI is InChI=1S/C21H22N2O5S/c1-6-28-21(25)18-12(2)13(3)29-20(18)23-19(24)15(11-22)9-14-7-8-16(26-4)17(10-14)27-5/h7-10H,6H2,1-5H3,(H,23,24)/b15-9-. The van der Waals surface area contributed by atoms with Gasteiger partial charge in [-0.25, -0.2) is 4.79 Å². The number of hydrogen-bond donors (Lipinski definition) is 1. The van der Waals surface area contributed by atoms with Crippen LogP contribution in [0.15, 0.2) is 23.8 Å². The molecule has 0 aliphatic rings. The number of nitriles is 1. The molecule has 0 saturated heterocycles. The molecule has 152 valence electrons. The van der Waals surface area contributed by atoms with Gasteiger partial charge in [-0.2, -0.15) is 5.26 Å². The molecule has 8 heteroatoms. The third kappa shape index (κ3) is 4.95. The number of benzene rings is 1. The number of carbonyl (C=O) groups is 2. The molecule has 7 nitrogen and oxygen atoms in total. The lowest BCUT2D eigenvalue weighted by atomic mass is 10.1. The molecule has 0 saturated carbocycles. The Kier molecular flexibility index (Phi) is 7.39. The number of nitrogens with zero attached hydrogens (tertiary/aromatic N) is 1. The highest BCUT2D eigenvalue weighted by Gasteiger charge is 2.23. The van der Waals surface area contributed by atoms with Gasteiger partial charge in [0.15, 0.2) is 11.5 Å². The van der Waals surface area contributed by atoms with Gasteiger partial charge in [0, 0.05) is 4.88 Å². The van der Waals surface area contributed by atoms with E-state index in [0.717, 1.165) is 10.4 Å². The van der Waals surface area contributed by atoms with E-state index >= 15 is 0 Å². The highest BCUT2D eigenvalue weighted by molar-refractivity contribution is 7.16. The number of methoxy groups -OCH3 is 2. The fraction of sp³-hybridized carbons (Fsp3) is 0.286. The SMILES string of the molecule is CCOC(=O)c1c(NC(=O)/C(C#N)=C\c2ccc(OC)c(OC)c2)sc(C)c1C. The molecule has 0 bridgehead atoms. The molecule has 2 aromatic rings. The number of ether oxygens (including phenoxy) is 3. The van der Waals surface area contributed by atoms with Gasteiger partial charge in [0.1, 0.15) is 16.6 Å². The average molecular weight is 414 g/mol. The van der Waals surface area contributed by atoms with Gasteiger partial charge in [-0.05, 0) is 50.1 Å². The number of hydrogen-bond acceptors (Lipinski definition) is 7. The smallest absolute Gasteiger partial charge is 0.341 e. The Hall–Kier alpha value is -3.31. The zero-order valence-electron chi connectivity index (χ0n) is 16.9. The van der Waals surface area contributed by atoms with Crippen LogP contribution in [0.1, 0.15) is 33.3 Å². The Bertz CT molecular complexity index is 1000. The van der Waals surface area contributed by atoms with E-state index < -0.39 is 11.9 Å². The molecule has 1 amide bonds. The summed E-state index contributed by atoms with van der Waals surface area (Å²) in [5.41, 5.74) is 1.53. The van der Waals surface area contributed by atoms with Crippen molar-refractivity contribution in [1.29, 1.82) is 5.26 Å². The summed E-state index contributed by atoms with van der Waals surface area (Å²) >= 11 is 1.26. The van der Waals surface area contributed by atoms with Crippen molar-refractivity contribution >= 4 is 34.3 Å². The van der Waals surface area contributed by atoms with Gasteiger partial charge in [0.25, 0.3) is 5.91 Å². The maximum atomic E-state index is 12.7. The Balaban J connectivity index is 2.34. The zero-order valence-corrected chi connectivity index (χ0v) is 17.7. The summed E-state index contributed by atoms with van der Waals surface area (Å²) in [5.74, 6) is -0.106. The first-order chi connectivity index (χ1) is 13.9. The number of aryl methyl sites for hydroxylation is 1. The summed E-state index contributed by atoms with van der Waals surface area (Å²) in [5, 5.41) is 12.5. The van der Waals surface area contributed by atoms with Crippen LogP contribution in [0.3, 0.4) is 0 Å². The Morgan fingerprint density at radius 3 is 2.48 bits per heavy atom. The van der Waals surface area contributed by atoms with E-state index in [-0.39, 0.29) is 12.2 Å². The predicted molar refractivity (Wildman–Crippen MR) is 112 cm³/mol. The topological polar surface area (TPSA) is 97.7 Å². The number of rotatable bonds is 7. The first-order valence-corrected chi connectivity index (χ1v) is 9.60. The number of nitrogens with one attached hydrogen (secondary N) is 1. The van der Waals surface area contributed by atoms with Crippen LogP contribution >= 0.6 is 11.3 Å². The second kappa shape index (κ2) is 9.75. The second-order valence-electron chi connectivity index (χ2n) is 5.95. The molecule has 0 unspecified atom stereocenters. The van der Waals surface area contributed by atoms with Crippen molar-refractivity contribution in [3.05, 3.63) is 45.3 Å². The fourth-order valence-electron chi connectivity index (χ4n) is 2.59.